The molecule has 0 bridgehead atoms. The van der Waals surface area contributed by atoms with Crippen molar-refractivity contribution in [2.45, 2.75) is 0 Å². The first-order valence-corrected chi connectivity index (χ1v) is 9.27. The Kier molecular flexibility index (Phi) is 5.86. The van der Waals surface area contributed by atoms with Crippen molar-refractivity contribution in [1.29, 1.82) is 10.5 Å². The molecule has 2 aromatic carbocycles. The van der Waals surface area contributed by atoms with Crippen LogP contribution >= 0.6 is 15.9 Å². The Morgan fingerprint density at radius 2 is 1.90 bits per heavy atom. The van der Waals surface area contributed by atoms with Crippen molar-refractivity contribution in [3.8, 4) is 34.8 Å². The molecule has 8 nitrogen and oxygen atoms in total. The number of pyridine rings is 1. The Balaban J connectivity index is 2.28. The minimum atomic E-state index is -0.778. The molecule has 9 heteroatoms. The van der Waals surface area contributed by atoms with Crippen LogP contribution in [0.25, 0.3) is 11.1 Å². The zero-order valence-corrected chi connectivity index (χ0v) is 17.2. The van der Waals surface area contributed by atoms with Gasteiger partial charge in [-0.05, 0) is 23.8 Å². The normalized spacial score (nSPS) is 10.5. The third-order valence-corrected chi connectivity index (χ3v) is 5.02. The number of anilines is 1. The lowest BCUT2D eigenvalue weighted by Crippen LogP contribution is -2.25. The van der Waals surface area contributed by atoms with Gasteiger partial charge in [0.2, 0.25) is 0 Å². The topological polar surface area (TPSA) is 137 Å². The van der Waals surface area contributed by atoms with Crippen LogP contribution in [0.4, 0.5) is 5.82 Å². The fraction of sp³-hybridized carbons (Fsp3) is 0.0476. The van der Waals surface area contributed by atoms with Gasteiger partial charge in [0.15, 0.2) is 11.5 Å². The van der Waals surface area contributed by atoms with E-state index in [0.717, 1.165) is 9.15 Å². The molecule has 0 aliphatic heterocycles. The molecule has 0 saturated heterocycles. The second-order valence-corrected chi connectivity index (χ2v) is 6.86. The van der Waals surface area contributed by atoms with Crippen LogP contribution in [0.5, 0.6) is 11.5 Å². The Bertz CT molecular complexity index is 1320. The molecule has 3 N–H and O–H groups in total. The van der Waals surface area contributed by atoms with E-state index in [0.29, 0.717) is 11.1 Å². The molecule has 0 spiro atoms. The third kappa shape index (κ3) is 3.62. The molecule has 0 radical (unpaired) electrons. The monoisotopic (exact) mass is 463 g/mol. The predicted molar refractivity (Wildman–Crippen MR) is 115 cm³/mol. The first-order valence-electron chi connectivity index (χ1n) is 8.47. The van der Waals surface area contributed by atoms with Crippen molar-refractivity contribution >= 4 is 28.0 Å². The fourth-order valence-electron chi connectivity index (χ4n) is 2.83. The molecule has 0 unspecified atom stereocenters. The SMILES string of the molecule is COc1cc(-c2c(C#N)c(N)n(N=Cc3ccccc3Br)c(=O)c2C#N)ccc1O. The number of phenols is 1. The molecule has 0 fully saturated rings. The van der Waals surface area contributed by atoms with Crippen molar-refractivity contribution in [2.24, 2.45) is 5.10 Å². The first-order chi connectivity index (χ1) is 14.4. The van der Waals surface area contributed by atoms with Crippen LogP contribution in [0, 0.1) is 22.7 Å². The van der Waals surface area contributed by atoms with Crippen LogP contribution in [0.1, 0.15) is 16.7 Å². The quantitative estimate of drug-likeness (QED) is 0.569. The van der Waals surface area contributed by atoms with Gasteiger partial charge in [-0.1, -0.05) is 40.2 Å². The summed E-state index contributed by atoms with van der Waals surface area (Å²) in [6, 6.07) is 15.2. The van der Waals surface area contributed by atoms with Gasteiger partial charge in [0.1, 0.15) is 29.1 Å². The zero-order chi connectivity index (χ0) is 21.8. The van der Waals surface area contributed by atoms with Gasteiger partial charge in [0.25, 0.3) is 5.56 Å². The molecule has 30 heavy (non-hydrogen) atoms. The van der Waals surface area contributed by atoms with Crippen LogP contribution in [0.3, 0.4) is 0 Å². The molecule has 0 aliphatic carbocycles. The average Bonchev–Trinajstić information content (AvgIpc) is 2.75. The number of hydrogen-bond donors (Lipinski definition) is 2. The van der Waals surface area contributed by atoms with Gasteiger partial charge in [0, 0.05) is 15.6 Å². The van der Waals surface area contributed by atoms with E-state index in [1.165, 1.54) is 31.5 Å². The van der Waals surface area contributed by atoms with Crippen molar-refractivity contribution < 1.29 is 9.84 Å². The van der Waals surface area contributed by atoms with Crippen LogP contribution in [0.2, 0.25) is 0 Å². The molecule has 0 amide bonds. The van der Waals surface area contributed by atoms with Gasteiger partial charge < -0.3 is 15.6 Å². The molecule has 3 aromatic rings. The largest absolute Gasteiger partial charge is 0.504 e. The first kappa shape index (κ1) is 20.6. The summed E-state index contributed by atoms with van der Waals surface area (Å²) in [5.74, 6) is -0.223. The van der Waals surface area contributed by atoms with E-state index in [4.69, 9.17) is 10.5 Å². The fourth-order valence-corrected chi connectivity index (χ4v) is 3.22. The Labute approximate surface area is 179 Å². The van der Waals surface area contributed by atoms with Crippen molar-refractivity contribution in [3.05, 3.63) is 74.0 Å². The second kappa shape index (κ2) is 8.52. The third-order valence-electron chi connectivity index (χ3n) is 4.30. The van der Waals surface area contributed by atoms with E-state index < -0.39 is 5.56 Å². The van der Waals surface area contributed by atoms with Crippen molar-refractivity contribution in [1.82, 2.24) is 4.68 Å². The minimum Gasteiger partial charge on any atom is -0.504 e. The lowest BCUT2D eigenvalue weighted by atomic mass is 9.96. The van der Waals surface area contributed by atoms with Gasteiger partial charge in [-0.3, -0.25) is 4.79 Å². The van der Waals surface area contributed by atoms with Gasteiger partial charge in [-0.15, -0.1) is 0 Å². The highest BCUT2D eigenvalue weighted by Crippen LogP contribution is 2.35. The summed E-state index contributed by atoms with van der Waals surface area (Å²) in [6.45, 7) is 0. The summed E-state index contributed by atoms with van der Waals surface area (Å²) >= 11 is 3.38. The van der Waals surface area contributed by atoms with Gasteiger partial charge >= 0.3 is 0 Å². The highest BCUT2D eigenvalue weighted by molar-refractivity contribution is 9.10. The zero-order valence-electron chi connectivity index (χ0n) is 15.6. The highest BCUT2D eigenvalue weighted by Gasteiger charge is 2.22. The van der Waals surface area contributed by atoms with E-state index in [1.807, 2.05) is 18.2 Å². The van der Waals surface area contributed by atoms with Gasteiger partial charge in [-0.25, -0.2) is 0 Å². The van der Waals surface area contributed by atoms with Gasteiger partial charge in [0.05, 0.1) is 13.3 Å². The lowest BCUT2D eigenvalue weighted by Gasteiger charge is -2.13. The summed E-state index contributed by atoms with van der Waals surface area (Å²) in [5.41, 5.74) is 5.95. The standard InChI is InChI=1S/C21H14BrN5O3/c1-30-18-8-12(6-7-17(18)28)19-14(9-23)20(25)27(21(29)15(19)10-24)26-11-13-4-2-3-5-16(13)22/h2-8,11,28H,25H2,1H3. The summed E-state index contributed by atoms with van der Waals surface area (Å²) in [7, 11) is 1.36. The number of nitriles is 2. The summed E-state index contributed by atoms with van der Waals surface area (Å²) in [6.07, 6.45) is 1.40. The number of aromatic hydroxyl groups is 1. The van der Waals surface area contributed by atoms with Crippen molar-refractivity contribution in [2.75, 3.05) is 12.8 Å². The number of rotatable bonds is 4. The van der Waals surface area contributed by atoms with E-state index in [2.05, 4.69) is 21.0 Å². The minimum absolute atomic E-state index is 0.0492. The Morgan fingerprint density at radius 3 is 2.53 bits per heavy atom. The number of nitrogen functional groups attached to an aromatic ring is 1. The number of ether oxygens (including phenoxy) is 1. The van der Waals surface area contributed by atoms with Gasteiger partial charge in [-0.2, -0.15) is 20.3 Å². The van der Waals surface area contributed by atoms with Crippen LogP contribution < -0.4 is 16.0 Å². The van der Waals surface area contributed by atoms with Crippen LogP contribution in [-0.2, 0) is 0 Å². The maximum Gasteiger partial charge on any atom is 0.291 e. The van der Waals surface area contributed by atoms with Crippen molar-refractivity contribution in [3.63, 3.8) is 0 Å². The molecule has 0 saturated carbocycles. The van der Waals surface area contributed by atoms with E-state index in [-0.39, 0.29) is 34.0 Å². The van der Waals surface area contributed by atoms with E-state index >= 15 is 0 Å². The molecule has 148 valence electrons. The van der Waals surface area contributed by atoms with Crippen LogP contribution in [-0.4, -0.2) is 23.1 Å². The van der Waals surface area contributed by atoms with E-state index in [1.54, 1.807) is 18.2 Å². The number of nitrogens with zero attached hydrogens (tertiary/aromatic N) is 4. The number of aromatic nitrogens is 1. The number of benzene rings is 2. The van der Waals surface area contributed by atoms with E-state index in [9.17, 15) is 20.4 Å². The number of methoxy groups -OCH3 is 1. The number of hydrogen-bond acceptors (Lipinski definition) is 7. The molecule has 1 aromatic heterocycles. The molecular formula is C21H14BrN5O3. The summed E-state index contributed by atoms with van der Waals surface area (Å²) in [4.78, 5) is 13.0. The maximum absolute atomic E-state index is 13.0. The molecule has 3 rings (SSSR count). The number of phenolic OH excluding ortho intramolecular Hbond substituents is 1. The Hall–Kier alpha value is -4.08. The summed E-state index contributed by atoms with van der Waals surface area (Å²) < 4.78 is 6.64. The number of nitrogens with two attached hydrogens (primary N) is 1. The molecular weight excluding hydrogens is 450 g/mol. The lowest BCUT2D eigenvalue weighted by molar-refractivity contribution is 0.373. The summed E-state index contributed by atoms with van der Waals surface area (Å²) in [5, 5.41) is 33.3. The molecule has 0 atom stereocenters. The van der Waals surface area contributed by atoms with Crippen LogP contribution in [0.15, 0.2) is 56.8 Å². The maximum atomic E-state index is 13.0. The molecule has 1 heterocycles. The predicted octanol–water partition coefficient (Wildman–Crippen LogP) is 3.20. The average molecular weight is 464 g/mol. The molecule has 0 aliphatic rings. The number of halogens is 1. The Morgan fingerprint density at radius 1 is 1.20 bits per heavy atom. The highest BCUT2D eigenvalue weighted by atomic mass is 79.9. The smallest absolute Gasteiger partial charge is 0.291 e. The second-order valence-electron chi connectivity index (χ2n) is 6.00.